The fraction of sp³-hybridized carbons (Fsp3) is 0.619. The number of carbonyl (C=O) groups excluding carboxylic acids is 2. The van der Waals surface area contributed by atoms with E-state index in [2.05, 4.69) is 13.8 Å². The van der Waals surface area contributed by atoms with Gasteiger partial charge in [0.15, 0.2) is 29.6 Å². The quantitative estimate of drug-likeness (QED) is 0.150. The molecule has 3 rings (SSSR count). The van der Waals surface area contributed by atoms with E-state index in [0.29, 0.717) is 27.5 Å². The van der Waals surface area contributed by atoms with Crippen molar-refractivity contribution in [1.82, 2.24) is 0 Å². The van der Waals surface area contributed by atoms with Crippen LogP contribution in [0.25, 0.3) is 0 Å². The van der Waals surface area contributed by atoms with Gasteiger partial charge in [-0.2, -0.15) is 0 Å². The van der Waals surface area contributed by atoms with Gasteiger partial charge in [-0.25, -0.2) is 26.7 Å². The molecule has 0 radical (unpaired) electrons. The predicted molar refractivity (Wildman–Crippen MR) is 110 cm³/mol. The molecule has 192 valence electrons. The van der Waals surface area contributed by atoms with Crippen molar-refractivity contribution in [2.45, 2.75) is 63.4 Å². The highest BCUT2D eigenvalue weighted by Crippen LogP contribution is 2.38. The number of hydrogen-bond acceptors (Lipinski definition) is 7. The third-order valence-corrected chi connectivity index (χ3v) is 6.94. The summed E-state index contributed by atoms with van der Waals surface area (Å²) < 4.78 is 78.5. The first-order valence-electron chi connectivity index (χ1n) is 10.3. The Morgan fingerprint density at radius 1 is 1.12 bits per heavy atom. The van der Waals surface area contributed by atoms with E-state index in [4.69, 9.17) is 24.4 Å². The summed E-state index contributed by atoms with van der Waals surface area (Å²) in [4.78, 5) is 24.2. The number of halogens is 5. The molecule has 5 unspecified atom stereocenters. The molecule has 0 amide bonds. The number of fused-ring (bicyclic) bond motifs is 1. The zero-order chi connectivity index (χ0) is 26.0. The third-order valence-electron chi connectivity index (χ3n) is 5.43. The van der Waals surface area contributed by atoms with Crippen molar-refractivity contribution in [3.63, 3.8) is 0 Å². The molecular formula is C21H26F5O7P. The first-order chi connectivity index (χ1) is 15.7. The number of esters is 2. The zero-order valence-corrected chi connectivity index (χ0v) is 19.8. The molecule has 1 aromatic carbocycles. The van der Waals surface area contributed by atoms with Gasteiger partial charge in [-0.15, -0.1) is 8.58 Å². The summed E-state index contributed by atoms with van der Waals surface area (Å²) in [5.41, 5.74) is -1.67. The zero-order valence-electron chi connectivity index (χ0n) is 18.8. The maximum Gasteiger partial charge on any atom is 0.350 e. The second-order valence-corrected chi connectivity index (χ2v) is 10.1. The number of benzene rings is 1. The molecule has 2 aliphatic rings. The summed E-state index contributed by atoms with van der Waals surface area (Å²) in [5.74, 6) is -11.7. The summed E-state index contributed by atoms with van der Waals surface area (Å²) in [7, 11) is 0.425. The Hall–Kier alpha value is -1.88. The van der Waals surface area contributed by atoms with Gasteiger partial charge in [-0.05, 0) is 25.9 Å². The van der Waals surface area contributed by atoms with Crippen LogP contribution in [-0.4, -0.2) is 58.9 Å². The van der Waals surface area contributed by atoms with Gasteiger partial charge >= 0.3 is 11.9 Å². The fourth-order valence-electron chi connectivity index (χ4n) is 3.66. The van der Waals surface area contributed by atoms with Crippen molar-refractivity contribution in [2.75, 3.05) is 13.3 Å². The average Bonchev–Trinajstić information content (AvgIpc) is 3.32. The van der Waals surface area contributed by atoms with Crippen LogP contribution in [0.3, 0.4) is 0 Å². The van der Waals surface area contributed by atoms with Gasteiger partial charge in [0.1, 0.15) is 12.2 Å². The van der Waals surface area contributed by atoms with Crippen molar-refractivity contribution < 1.29 is 56.0 Å². The van der Waals surface area contributed by atoms with Crippen LogP contribution in [0.15, 0.2) is 0 Å². The number of carbonyl (C=O) groups is 2. The lowest BCUT2D eigenvalue weighted by atomic mass is 9.98. The molecule has 2 N–H and O–H groups in total. The first kappa shape index (κ1) is 28.4. The minimum atomic E-state index is -2.76. The third kappa shape index (κ3) is 5.84. The number of ether oxygens (including phenoxy) is 3. The Balaban J connectivity index is 0.000000257. The SMILES string of the molecule is CPC(C)(CC(C)C)C(=O)OC1C(=O)OC2CCOC21.OC(O)c1c(F)c(F)c(F)c(F)c1F. The fourth-order valence-corrected chi connectivity index (χ4v) is 4.54. The molecule has 1 aromatic rings. The smallest absolute Gasteiger partial charge is 0.350 e. The minimum absolute atomic E-state index is 0.249. The van der Waals surface area contributed by atoms with Crippen molar-refractivity contribution in [3.8, 4) is 0 Å². The van der Waals surface area contributed by atoms with Gasteiger partial charge in [0, 0.05) is 6.42 Å². The summed E-state index contributed by atoms with van der Waals surface area (Å²) in [6, 6.07) is 0. The van der Waals surface area contributed by atoms with Gasteiger partial charge in [-0.1, -0.05) is 13.8 Å². The van der Waals surface area contributed by atoms with Crippen molar-refractivity contribution in [3.05, 3.63) is 34.6 Å². The Kier molecular flexibility index (Phi) is 9.37. The maximum absolute atomic E-state index is 12.6. The van der Waals surface area contributed by atoms with Gasteiger partial charge in [0.2, 0.25) is 11.9 Å². The molecule has 2 saturated heterocycles. The average molecular weight is 516 g/mol. The molecular weight excluding hydrogens is 490 g/mol. The second kappa shape index (κ2) is 11.2. The van der Waals surface area contributed by atoms with E-state index in [1.54, 1.807) is 0 Å². The second-order valence-electron chi connectivity index (χ2n) is 8.46. The van der Waals surface area contributed by atoms with Gasteiger partial charge < -0.3 is 24.4 Å². The van der Waals surface area contributed by atoms with E-state index >= 15 is 0 Å². The number of hydrogen-bond donors (Lipinski definition) is 2. The monoisotopic (exact) mass is 516 g/mol. The van der Waals surface area contributed by atoms with E-state index in [0.717, 1.165) is 6.42 Å². The highest BCUT2D eigenvalue weighted by atomic mass is 31.1. The number of rotatable bonds is 6. The highest BCUT2D eigenvalue weighted by molar-refractivity contribution is 7.40. The Morgan fingerprint density at radius 2 is 1.65 bits per heavy atom. The number of aliphatic hydroxyl groups is 2. The van der Waals surface area contributed by atoms with E-state index in [1.165, 1.54) is 0 Å². The van der Waals surface area contributed by atoms with E-state index < -0.39 is 64.3 Å². The van der Waals surface area contributed by atoms with Crippen LogP contribution < -0.4 is 0 Å². The number of aliphatic hydroxyl groups excluding tert-OH is 1. The molecule has 2 heterocycles. The lowest BCUT2D eigenvalue weighted by molar-refractivity contribution is -0.166. The molecule has 13 heteroatoms. The molecule has 5 atom stereocenters. The van der Waals surface area contributed by atoms with E-state index in [-0.39, 0.29) is 12.1 Å². The van der Waals surface area contributed by atoms with Crippen LogP contribution in [0.5, 0.6) is 0 Å². The van der Waals surface area contributed by atoms with Gasteiger partial charge in [-0.3, -0.25) is 4.79 Å². The normalized spacial score (nSPS) is 23.7. The molecule has 0 aromatic heterocycles. The van der Waals surface area contributed by atoms with Crippen LogP contribution in [0.4, 0.5) is 22.0 Å². The summed E-state index contributed by atoms with van der Waals surface area (Å²) in [5, 5.41) is 16.2. The molecule has 0 aliphatic carbocycles. The largest absolute Gasteiger partial charge is 0.457 e. The van der Waals surface area contributed by atoms with Gasteiger partial charge in [0.25, 0.3) is 0 Å². The molecule has 2 aliphatic heterocycles. The molecule has 34 heavy (non-hydrogen) atoms. The van der Waals surface area contributed by atoms with Crippen molar-refractivity contribution in [2.24, 2.45) is 5.92 Å². The summed E-state index contributed by atoms with van der Waals surface area (Å²) >= 11 is 0. The van der Waals surface area contributed by atoms with Crippen LogP contribution >= 0.6 is 8.58 Å². The standard InChI is InChI=1S/C14H23O5P.C7H3F5O2/c1-8(2)7-14(3,20-4)13(16)19-11-10-9(5-6-17-10)18-12(11)15;8-2-1(7(13)14)3(9)5(11)6(12)4(2)10/h8-11,20H,5-7H2,1-4H3;7,13-14H. The van der Waals surface area contributed by atoms with E-state index in [9.17, 15) is 31.5 Å². The topological polar surface area (TPSA) is 102 Å². The molecule has 0 spiro atoms. The van der Waals surface area contributed by atoms with E-state index in [1.807, 2.05) is 13.6 Å². The Labute approximate surface area is 194 Å². The van der Waals surface area contributed by atoms with Gasteiger partial charge in [0.05, 0.1) is 17.3 Å². The molecule has 0 bridgehead atoms. The summed E-state index contributed by atoms with van der Waals surface area (Å²) in [6.07, 6.45) is -2.89. The highest BCUT2D eigenvalue weighted by Gasteiger charge is 2.52. The molecule has 7 nitrogen and oxygen atoms in total. The lowest BCUT2D eigenvalue weighted by Gasteiger charge is -2.29. The Bertz CT molecular complexity index is 900. The van der Waals surface area contributed by atoms with Crippen LogP contribution in [0.1, 0.15) is 45.5 Å². The molecule has 0 saturated carbocycles. The van der Waals surface area contributed by atoms with Crippen molar-refractivity contribution in [1.29, 1.82) is 0 Å². The molecule has 2 fully saturated rings. The minimum Gasteiger partial charge on any atom is -0.457 e. The summed E-state index contributed by atoms with van der Waals surface area (Å²) in [6.45, 7) is 8.60. The van der Waals surface area contributed by atoms with Crippen LogP contribution in [0, 0.1) is 35.0 Å². The maximum atomic E-state index is 12.6. The van der Waals surface area contributed by atoms with Crippen LogP contribution in [0.2, 0.25) is 0 Å². The predicted octanol–water partition coefficient (Wildman–Crippen LogP) is 3.09. The lowest BCUT2D eigenvalue weighted by Crippen LogP contribution is -2.41. The van der Waals surface area contributed by atoms with Crippen LogP contribution in [-0.2, 0) is 23.8 Å². The van der Waals surface area contributed by atoms with Crippen molar-refractivity contribution >= 4 is 20.5 Å². The Morgan fingerprint density at radius 3 is 2.12 bits per heavy atom. The first-order valence-corrected chi connectivity index (χ1v) is 11.8.